The van der Waals surface area contributed by atoms with Crippen LogP contribution >= 0.6 is 0 Å². The van der Waals surface area contributed by atoms with E-state index in [0.717, 1.165) is 36.9 Å². The lowest BCUT2D eigenvalue weighted by Crippen LogP contribution is -2.41. The molecule has 0 radical (unpaired) electrons. The highest BCUT2D eigenvalue weighted by molar-refractivity contribution is 6.62. The smallest absolute Gasteiger partial charge is 0.494 e. The number of rotatable bonds is 10. The molecule has 0 amide bonds. The lowest BCUT2D eigenvalue weighted by molar-refractivity contribution is -0.143. The molecular formula is C21H33BO5. The van der Waals surface area contributed by atoms with Gasteiger partial charge < -0.3 is 18.8 Å². The van der Waals surface area contributed by atoms with E-state index in [9.17, 15) is 4.79 Å². The van der Waals surface area contributed by atoms with Crippen LogP contribution in [0.25, 0.3) is 0 Å². The first kappa shape index (κ1) is 21.8. The van der Waals surface area contributed by atoms with Gasteiger partial charge in [-0.3, -0.25) is 4.79 Å². The maximum Gasteiger partial charge on any atom is 0.494 e. The number of benzene rings is 1. The Hall–Kier alpha value is -1.53. The first-order chi connectivity index (χ1) is 12.7. The number of esters is 1. The van der Waals surface area contributed by atoms with Gasteiger partial charge in [-0.15, -0.1) is 0 Å². The molecule has 1 aromatic rings. The average Bonchev–Trinajstić information content (AvgIpc) is 2.82. The van der Waals surface area contributed by atoms with E-state index >= 15 is 0 Å². The Kier molecular flexibility index (Phi) is 7.74. The number of ether oxygens (including phenoxy) is 2. The molecule has 0 aliphatic carbocycles. The van der Waals surface area contributed by atoms with Gasteiger partial charge in [-0.05, 0) is 65.1 Å². The normalized spacial score (nSPS) is 17.7. The van der Waals surface area contributed by atoms with Gasteiger partial charge >= 0.3 is 13.1 Å². The van der Waals surface area contributed by atoms with E-state index in [0.29, 0.717) is 19.6 Å². The van der Waals surface area contributed by atoms with Crippen LogP contribution in [0.3, 0.4) is 0 Å². The highest BCUT2D eigenvalue weighted by atomic mass is 16.7. The molecule has 5 nitrogen and oxygen atoms in total. The van der Waals surface area contributed by atoms with Gasteiger partial charge in [0.1, 0.15) is 5.75 Å². The summed E-state index contributed by atoms with van der Waals surface area (Å²) in [6.45, 7) is 11.2. The van der Waals surface area contributed by atoms with Crippen LogP contribution < -0.4 is 10.2 Å². The van der Waals surface area contributed by atoms with Crippen molar-refractivity contribution in [3.05, 3.63) is 24.3 Å². The largest absolute Gasteiger partial charge is 0.494 e. The van der Waals surface area contributed by atoms with Crippen molar-refractivity contribution in [2.45, 2.75) is 77.9 Å². The molecule has 0 aromatic heterocycles. The van der Waals surface area contributed by atoms with Crippen molar-refractivity contribution in [2.75, 3.05) is 13.2 Å². The zero-order valence-electron chi connectivity index (χ0n) is 17.4. The number of carbonyl (C=O) groups excluding carboxylic acids is 1. The molecule has 6 heteroatoms. The molecule has 150 valence electrons. The number of carbonyl (C=O) groups is 1. The Balaban J connectivity index is 1.66. The fraction of sp³-hybridized carbons (Fsp3) is 0.667. The Labute approximate surface area is 163 Å². The average molecular weight is 376 g/mol. The summed E-state index contributed by atoms with van der Waals surface area (Å²) < 4.78 is 22.8. The van der Waals surface area contributed by atoms with Crippen LogP contribution in [0.2, 0.25) is 0 Å². The van der Waals surface area contributed by atoms with Crippen molar-refractivity contribution < 1.29 is 23.6 Å². The Morgan fingerprint density at radius 1 is 0.963 bits per heavy atom. The molecule has 0 atom stereocenters. The maximum atomic E-state index is 11.2. The van der Waals surface area contributed by atoms with E-state index < -0.39 is 0 Å². The Bertz CT molecular complexity index is 581. The first-order valence-corrected chi connectivity index (χ1v) is 9.99. The van der Waals surface area contributed by atoms with Crippen molar-refractivity contribution in [1.82, 2.24) is 0 Å². The molecule has 2 rings (SSSR count). The maximum absolute atomic E-state index is 11.2. The van der Waals surface area contributed by atoms with Gasteiger partial charge in [-0.25, -0.2) is 0 Å². The summed E-state index contributed by atoms with van der Waals surface area (Å²) in [7, 11) is -0.344. The van der Waals surface area contributed by atoms with Gasteiger partial charge in [0, 0.05) is 6.42 Å². The van der Waals surface area contributed by atoms with E-state index in [1.54, 1.807) is 0 Å². The van der Waals surface area contributed by atoms with Gasteiger partial charge in [0.15, 0.2) is 0 Å². The molecule has 0 bridgehead atoms. The van der Waals surface area contributed by atoms with Crippen molar-refractivity contribution in [1.29, 1.82) is 0 Å². The van der Waals surface area contributed by atoms with E-state index in [4.69, 9.17) is 18.8 Å². The zero-order valence-corrected chi connectivity index (χ0v) is 17.4. The van der Waals surface area contributed by atoms with Gasteiger partial charge in [-0.1, -0.05) is 25.0 Å². The third kappa shape index (κ3) is 6.25. The molecule has 1 heterocycles. The van der Waals surface area contributed by atoms with Crippen LogP contribution in [0, 0.1) is 0 Å². The number of hydrogen-bond acceptors (Lipinski definition) is 5. The molecule has 1 aliphatic rings. The van der Waals surface area contributed by atoms with E-state index in [-0.39, 0.29) is 24.3 Å². The van der Waals surface area contributed by atoms with Crippen LogP contribution in [0.15, 0.2) is 24.3 Å². The summed E-state index contributed by atoms with van der Waals surface area (Å²) in [5, 5.41) is 0. The second kappa shape index (κ2) is 9.60. The van der Waals surface area contributed by atoms with E-state index in [1.807, 2.05) is 31.2 Å². The molecule has 1 saturated heterocycles. The minimum atomic E-state index is -0.344. The standard InChI is InChI=1S/C21H33BO5/c1-6-24-19(23)11-9-7-8-10-16-25-18-14-12-17(13-15-18)22-26-20(2,3)21(4,5)27-22/h12-15H,6-11,16H2,1-5H3. The predicted molar refractivity (Wildman–Crippen MR) is 107 cm³/mol. The van der Waals surface area contributed by atoms with Crippen molar-refractivity contribution in [3.8, 4) is 5.75 Å². The van der Waals surface area contributed by atoms with Crippen LogP contribution in [0.1, 0.15) is 66.7 Å². The van der Waals surface area contributed by atoms with Gasteiger partial charge in [0.25, 0.3) is 0 Å². The topological polar surface area (TPSA) is 54.0 Å². The molecule has 27 heavy (non-hydrogen) atoms. The van der Waals surface area contributed by atoms with Crippen molar-refractivity contribution in [3.63, 3.8) is 0 Å². The monoisotopic (exact) mass is 376 g/mol. The lowest BCUT2D eigenvalue weighted by atomic mass is 9.79. The predicted octanol–water partition coefficient (Wildman–Crippen LogP) is 3.88. The summed E-state index contributed by atoms with van der Waals surface area (Å²) in [5.41, 5.74) is 0.334. The van der Waals surface area contributed by atoms with Crippen molar-refractivity contribution in [2.24, 2.45) is 0 Å². The highest BCUT2D eigenvalue weighted by Crippen LogP contribution is 2.36. The minimum absolute atomic E-state index is 0.101. The van der Waals surface area contributed by atoms with Crippen LogP contribution in [0.4, 0.5) is 0 Å². The summed E-state index contributed by atoms with van der Waals surface area (Å²) >= 11 is 0. The van der Waals surface area contributed by atoms with Crippen LogP contribution in [0.5, 0.6) is 5.75 Å². The zero-order chi connectivity index (χ0) is 19.9. The van der Waals surface area contributed by atoms with E-state index in [1.165, 1.54) is 0 Å². The lowest BCUT2D eigenvalue weighted by Gasteiger charge is -2.32. The molecule has 0 saturated carbocycles. The Morgan fingerprint density at radius 3 is 2.15 bits per heavy atom. The number of hydrogen-bond donors (Lipinski definition) is 0. The fourth-order valence-electron chi connectivity index (χ4n) is 2.85. The molecule has 0 N–H and O–H groups in total. The third-order valence-corrected chi connectivity index (χ3v) is 5.25. The van der Waals surface area contributed by atoms with Crippen molar-refractivity contribution >= 4 is 18.6 Å². The van der Waals surface area contributed by atoms with Crippen LogP contribution in [-0.2, 0) is 18.8 Å². The SMILES string of the molecule is CCOC(=O)CCCCCCOc1ccc(B2OC(C)(C)C(C)(C)O2)cc1. The second-order valence-electron chi connectivity index (χ2n) is 7.97. The molecule has 1 aliphatic heterocycles. The molecular weight excluding hydrogens is 343 g/mol. The quantitative estimate of drug-likeness (QED) is 0.352. The molecule has 1 aromatic carbocycles. The highest BCUT2D eigenvalue weighted by Gasteiger charge is 2.51. The minimum Gasteiger partial charge on any atom is -0.494 e. The first-order valence-electron chi connectivity index (χ1n) is 9.99. The summed E-state index contributed by atoms with van der Waals surface area (Å²) in [5.74, 6) is 0.748. The van der Waals surface area contributed by atoms with Gasteiger partial charge in [0.05, 0.1) is 24.4 Å². The molecule has 1 fully saturated rings. The third-order valence-electron chi connectivity index (χ3n) is 5.25. The van der Waals surface area contributed by atoms with Crippen LogP contribution in [-0.4, -0.2) is 37.5 Å². The fourth-order valence-corrected chi connectivity index (χ4v) is 2.85. The van der Waals surface area contributed by atoms with Gasteiger partial charge in [-0.2, -0.15) is 0 Å². The second-order valence-corrected chi connectivity index (χ2v) is 7.97. The summed E-state index contributed by atoms with van der Waals surface area (Å²) in [6, 6.07) is 7.91. The number of unbranched alkanes of at least 4 members (excludes halogenated alkanes) is 3. The molecule has 0 spiro atoms. The van der Waals surface area contributed by atoms with E-state index in [2.05, 4.69) is 27.7 Å². The summed E-state index contributed by atoms with van der Waals surface area (Å²) in [6.07, 6.45) is 4.42. The Morgan fingerprint density at radius 2 is 1.56 bits per heavy atom. The summed E-state index contributed by atoms with van der Waals surface area (Å²) in [4.78, 5) is 11.2. The molecule has 0 unspecified atom stereocenters. The van der Waals surface area contributed by atoms with Gasteiger partial charge in [0.2, 0.25) is 0 Å².